The summed E-state index contributed by atoms with van der Waals surface area (Å²) in [5.74, 6) is 0. The van der Waals surface area contributed by atoms with E-state index >= 15 is 0 Å². The van der Waals surface area contributed by atoms with Crippen LogP contribution < -0.4 is 5.73 Å². The van der Waals surface area contributed by atoms with Crippen molar-refractivity contribution < 1.29 is 0 Å². The van der Waals surface area contributed by atoms with Crippen molar-refractivity contribution >= 4 is 11.8 Å². The molecule has 0 spiro atoms. The Hall–Kier alpha value is -2.22. The highest BCUT2D eigenvalue weighted by Gasteiger charge is 2.21. The van der Waals surface area contributed by atoms with Gasteiger partial charge in [-0.1, -0.05) is 30.3 Å². The van der Waals surface area contributed by atoms with Crippen molar-refractivity contribution in [3.63, 3.8) is 0 Å². The van der Waals surface area contributed by atoms with Crippen LogP contribution in [0.4, 0.5) is 5.69 Å². The largest absolute Gasteiger partial charge is 0.399 e. The van der Waals surface area contributed by atoms with Gasteiger partial charge in [-0.15, -0.1) is 0 Å². The zero-order valence-electron chi connectivity index (χ0n) is 12.0. The van der Waals surface area contributed by atoms with E-state index in [2.05, 4.69) is 73.5 Å². The lowest BCUT2D eigenvalue weighted by Crippen LogP contribution is -2.25. The van der Waals surface area contributed by atoms with E-state index in [1.54, 1.807) is 0 Å². The predicted molar refractivity (Wildman–Crippen MR) is 85.0 cm³/mol. The number of anilines is 1. The van der Waals surface area contributed by atoms with Gasteiger partial charge in [0.15, 0.2) is 0 Å². The van der Waals surface area contributed by atoms with E-state index in [0.717, 1.165) is 12.2 Å². The van der Waals surface area contributed by atoms with Crippen molar-refractivity contribution in [1.29, 1.82) is 0 Å². The number of hydrogen-bond donors (Lipinski definition) is 1. The van der Waals surface area contributed by atoms with Crippen molar-refractivity contribution in [2.45, 2.75) is 26.4 Å². The molecule has 0 saturated heterocycles. The van der Waals surface area contributed by atoms with E-state index in [1.807, 2.05) is 0 Å². The maximum atomic E-state index is 5.94. The quantitative estimate of drug-likeness (QED) is 0.827. The molecule has 2 nitrogen and oxygen atoms in total. The molecule has 2 N–H and O–H groups in total. The van der Waals surface area contributed by atoms with Crippen LogP contribution in [0.1, 0.15) is 35.2 Å². The molecule has 0 bridgehead atoms. The average molecular weight is 264 g/mol. The third-order valence-electron chi connectivity index (χ3n) is 4.01. The lowest BCUT2D eigenvalue weighted by molar-refractivity contribution is 0.287. The second kappa shape index (κ2) is 5.04. The molecule has 2 aromatic carbocycles. The fourth-order valence-electron chi connectivity index (χ4n) is 3.02. The summed E-state index contributed by atoms with van der Waals surface area (Å²) in [5, 5.41) is 0. The van der Waals surface area contributed by atoms with Gasteiger partial charge >= 0.3 is 0 Å². The first-order valence-corrected chi connectivity index (χ1v) is 7.03. The molecule has 1 heterocycles. The summed E-state index contributed by atoms with van der Waals surface area (Å²) in [4.78, 5) is 2.38. The maximum Gasteiger partial charge on any atom is 0.0521 e. The highest BCUT2D eigenvalue weighted by atomic mass is 15.1. The Kier molecular flexibility index (Phi) is 3.23. The van der Waals surface area contributed by atoms with Crippen LogP contribution in [0.25, 0.3) is 6.08 Å². The molecule has 1 unspecified atom stereocenters. The van der Waals surface area contributed by atoms with Crippen LogP contribution in [-0.4, -0.2) is 4.90 Å². The number of aryl methyl sites for hydroxylation is 1. The predicted octanol–water partition coefficient (Wildman–Crippen LogP) is 4.12. The van der Waals surface area contributed by atoms with Gasteiger partial charge in [0.2, 0.25) is 0 Å². The Morgan fingerprint density at radius 3 is 2.65 bits per heavy atom. The maximum absolute atomic E-state index is 5.94. The molecule has 20 heavy (non-hydrogen) atoms. The molecule has 2 heteroatoms. The summed E-state index contributed by atoms with van der Waals surface area (Å²) in [6.07, 6.45) is 4.35. The van der Waals surface area contributed by atoms with Gasteiger partial charge < -0.3 is 10.6 Å². The van der Waals surface area contributed by atoms with Gasteiger partial charge in [-0.3, -0.25) is 0 Å². The third kappa shape index (κ3) is 2.29. The number of nitrogens with two attached hydrogens (primary N) is 1. The van der Waals surface area contributed by atoms with Crippen LogP contribution in [0, 0.1) is 6.92 Å². The van der Waals surface area contributed by atoms with Crippen molar-refractivity contribution in [2.24, 2.45) is 0 Å². The SMILES string of the molecule is Cc1cc(N)cc2c1C(C)N(Cc1ccccc1)C=C2. The van der Waals surface area contributed by atoms with Crippen LogP contribution in [-0.2, 0) is 6.54 Å². The summed E-state index contributed by atoms with van der Waals surface area (Å²) in [6.45, 7) is 5.34. The molecule has 2 aromatic rings. The van der Waals surface area contributed by atoms with Gasteiger partial charge in [0.05, 0.1) is 6.04 Å². The Balaban J connectivity index is 1.92. The third-order valence-corrected chi connectivity index (χ3v) is 4.01. The lowest BCUT2D eigenvalue weighted by Gasteiger charge is -2.34. The van der Waals surface area contributed by atoms with Crippen LogP contribution in [0.5, 0.6) is 0 Å². The molecule has 0 saturated carbocycles. The molecule has 1 aliphatic heterocycles. The Morgan fingerprint density at radius 1 is 1.15 bits per heavy atom. The fourth-order valence-corrected chi connectivity index (χ4v) is 3.02. The second-order valence-corrected chi connectivity index (χ2v) is 5.49. The number of fused-ring (bicyclic) bond motifs is 1. The van der Waals surface area contributed by atoms with Crippen LogP contribution in [0.3, 0.4) is 0 Å². The van der Waals surface area contributed by atoms with E-state index in [0.29, 0.717) is 6.04 Å². The zero-order chi connectivity index (χ0) is 14.1. The summed E-state index contributed by atoms with van der Waals surface area (Å²) in [6, 6.07) is 15.1. The highest BCUT2D eigenvalue weighted by molar-refractivity contribution is 5.64. The van der Waals surface area contributed by atoms with Gasteiger partial charge in [-0.2, -0.15) is 0 Å². The molecule has 0 fully saturated rings. The van der Waals surface area contributed by atoms with Gasteiger partial charge in [0, 0.05) is 18.4 Å². The number of benzene rings is 2. The van der Waals surface area contributed by atoms with E-state index in [4.69, 9.17) is 5.73 Å². The van der Waals surface area contributed by atoms with Crippen molar-refractivity contribution in [3.8, 4) is 0 Å². The molecule has 1 aliphatic rings. The van der Waals surface area contributed by atoms with Crippen molar-refractivity contribution in [2.75, 3.05) is 5.73 Å². The minimum atomic E-state index is 0.371. The van der Waals surface area contributed by atoms with Crippen LogP contribution >= 0.6 is 0 Å². The number of nitrogens with zero attached hydrogens (tertiary/aromatic N) is 1. The molecule has 0 aliphatic carbocycles. The van der Waals surface area contributed by atoms with Gasteiger partial charge in [-0.25, -0.2) is 0 Å². The second-order valence-electron chi connectivity index (χ2n) is 5.49. The molecular formula is C18H20N2. The highest BCUT2D eigenvalue weighted by Crippen LogP contribution is 2.34. The van der Waals surface area contributed by atoms with Crippen molar-refractivity contribution in [3.05, 3.63) is 70.9 Å². The van der Waals surface area contributed by atoms with E-state index in [9.17, 15) is 0 Å². The van der Waals surface area contributed by atoms with Gasteiger partial charge in [0.1, 0.15) is 0 Å². The Labute approximate surface area is 120 Å². The summed E-state index contributed by atoms with van der Waals surface area (Å²) in [7, 11) is 0. The molecule has 0 aromatic heterocycles. The van der Waals surface area contributed by atoms with Gasteiger partial charge in [0.25, 0.3) is 0 Å². The standard InChI is InChI=1S/C18H20N2/c1-13-10-17(19)11-16-8-9-20(14(2)18(13)16)12-15-6-4-3-5-7-15/h3-11,14H,12,19H2,1-2H3. The summed E-state index contributed by atoms with van der Waals surface area (Å²) < 4.78 is 0. The smallest absolute Gasteiger partial charge is 0.0521 e. The van der Waals surface area contributed by atoms with E-state index in [1.165, 1.54) is 22.3 Å². The Bertz CT molecular complexity index is 644. The van der Waals surface area contributed by atoms with Crippen LogP contribution in [0.15, 0.2) is 48.7 Å². The number of nitrogen functional groups attached to an aromatic ring is 1. The van der Waals surface area contributed by atoms with E-state index in [-0.39, 0.29) is 0 Å². The van der Waals surface area contributed by atoms with Gasteiger partial charge in [-0.05, 0) is 54.3 Å². The zero-order valence-corrected chi connectivity index (χ0v) is 12.0. The fraction of sp³-hybridized carbons (Fsp3) is 0.222. The number of rotatable bonds is 2. The topological polar surface area (TPSA) is 29.3 Å². The summed E-state index contributed by atoms with van der Waals surface area (Å²) in [5.41, 5.74) is 12.0. The molecule has 1 atom stereocenters. The first-order chi connectivity index (χ1) is 9.65. The first kappa shape index (κ1) is 12.8. The monoisotopic (exact) mass is 264 g/mol. The molecule has 3 rings (SSSR count). The minimum absolute atomic E-state index is 0.371. The molecular weight excluding hydrogens is 244 g/mol. The minimum Gasteiger partial charge on any atom is -0.399 e. The number of hydrogen-bond acceptors (Lipinski definition) is 2. The average Bonchev–Trinajstić information content (AvgIpc) is 2.42. The van der Waals surface area contributed by atoms with Crippen LogP contribution in [0.2, 0.25) is 0 Å². The van der Waals surface area contributed by atoms with E-state index < -0.39 is 0 Å². The molecule has 0 amide bonds. The lowest BCUT2D eigenvalue weighted by atomic mass is 9.92. The normalized spacial score (nSPS) is 17.1. The Morgan fingerprint density at radius 2 is 1.90 bits per heavy atom. The van der Waals surface area contributed by atoms with Crippen molar-refractivity contribution in [1.82, 2.24) is 4.90 Å². The summed E-state index contributed by atoms with van der Waals surface area (Å²) >= 11 is 0. The molecule has 0 radical (unpaired) electrons. The molecule has 102 valence electrons. The first-order valence-electron chi connectivity index (χ1n) is 7.03.